The molecule has 34 heavy (non-hydrogen) atoms. The Morgan fingerprint density at radius 1 is 1.15 bits per heavy atom. The molecular weight excluding hydrogens is 470 g/mol. The van der Waals surface area contributed by atoms with Gasteiger partial charge in [0, 0.05) is 12.3 Å². The predicted octanol–water partition coefficient (Wildman–Crippen LogP) is 7.11. The van der Waals surface area contributed by atoms with E-state index < -0.39 is 23.7 Å². The fraction of sp³-hybridized carbons (Fsp3) is 0.250. The van der Waals surface area contributed by atoms with E-state index >= 15 is 0 Å². The second kappa shape index (κ2) is 9.46. The van der Waals surface area contributed by atoms with Crippen molar-refractivity contribution in [2.75, 3.05) is 5.32 Å². The van der Waals surface area contributed by atoms with Crippen molar-refractivity contribution in [1.29, 1.82) is 0 Å². The molecule has 10 heteroatoms. The monoisotopic (exact) mass is 491 g/mol. The van der Waals surface area contributed by atoms with Gasteiger partial charge in [-0.1, -0.05) is 43.4 Å². The van der Waals surface area contributed by atoms with Crippen LogP contribution in [0, 0.1) is 11.7 Å². The number of fused-ring (bicyclic) bond motifs is 1. The van der Waals surface area contributed by atoms with E-state index in [0.29, 0.717) is 17.5 Å². The van der Waals surface area contributed by atoms with E-state index in [-0.39, 0.29) is 18.0 Å². The number of thiazole rings is 1. The highest BCUT2D eigenvalue weighted by Gasteiger charge is 2.34. The zero-order chi connectivity index (χ0) is 24.5. The second-order valence-corrected chi connectivity index (χ2v) is 9.26. The molecule has 0 aliphatic carbocycles. The maximum absolute atomic E-state index is 13.7. The van der Waals surface area contributed by atoms with Crippen molar-refractivity contribution in [3.8, 4) is 5.88 Å². The SMILES string of the molecule is CC(C)Cc1cc(OC(=O)Nc2nc3ccccc3s2)n(Cc2ccc(F)c(C(F)(F)F)c2)c1. The first-order valence-corrected chi connectivity index (χ1v) is 11.3. The van der Waals surface area contributed by atoms with E-state index in [2.05, 4.69) is 10.3 Å². The van der Waals surface area contributed by atoms with Crippen LogP contribution in [-0.2, 0) is 19.1 Å². The molecule has 0 aliphatic rings. The minimum absolute atomic E-state index is 0.0365. The van der Waals surface area contributed by atoms with Crippen molar-refractivity contribution in [1.82, 2.24) is 9.55 Å². The number of benzene rings is 2. The minimum Gasteiger partial charge on any atom is -0.393 e. The van der Waals surface area contributed by atoms with Crippen LogP contribution in [0.4, 0.5) is 27.5 Å². The number of amides is 1. The largest absolute Gasteiger partial charge is 0.420 e. The molecule has 0 aliphatic heterocycles. The lowest BCUT2D eigenvalue weighted by Crippen LogP contribution is -2.18. The van der Waals surface area contributed by atoms with Crippen LogP contribution in [0.1, 0.15) is 30.5 Å². The number of para-hydroxylation sites is 1. The molecule has 2 aromatic carbocycles. The van der Waals surface area contributed by atoms with Gasteiger partial charge < -0.3 is 9.30 Å². The number of anilines is 1. The number of carbonyl (C=O) groups excluding carboxylic acids is 1. The van der Waals surface area contributed by atoms with E-state index in [4.69, 9.17) is 4.74 Å². The first kappa shape index (κ1) is 23.7. The number of halogens is 4. The van der Waals surface area contributed by atoms with Gasteiger partial charge >= 0.3 is 12.3 Å². The summed E-state index contributed by atoms with van der Waals surface area (Å²) in [6.07, 6.45) is -3.18. The number of alkyl halides is 3. The molecule has 2 heterocycles. The van der Waals surface area contributed by atoms with Gasteiger partial charge in [-0.15, -0.1) is 0 Å². The second-order valence-electron chi connectivity index (χ2n) is 8.23. The van der Waals surface area contributed by atoms with Gasteiger partial charge in [-0.2, -0.15) is 13.2 Å². The Kier molecular flexibility index (Phi) is 6.60. The Morgan fingerprint density at radius 2 is 1.91 bits per heavy atom. The molecule has 0 saturated carbocycles. The van der Waals surface area contributed by atoms with Crippen LogP contribution < -0.4 is 10.1 Å². The normalized spacial score (nSPS) is 11.9. The molecule has 0 unspecified atom stereocenters. The number of carbonyl (C=O) groups is 1. The molecule has 178 valence electrons. The summed E-state index contributed by atoms with van der Waals surface area (Å²) in [5.41, 5.74) is 0.477. The van der Waals surface area contributed by atoms with Crippen LogP contribution >= 0.6 is 11.3 Å². The van der Waals surface area contributed by atoms with Crippen LogP contribution in [0.3, 0.4) is 0 Å². The van der Waals surface area contributed by atoms with Crippen LogP contribution in [0.15, 0.2) is 54.7 Å². The summed E-state index contributed by atoms with van der Waals surface area (Å²) in [5, 5.41) is 2.95. The number of hydrogen-bond acceptors (Lipinski definition) is 4. The Labute approximate surface area is 197 Å². The quantitative estimate of drug-likeness (QED) is 0.292. The fourth-order valence-electron chi connectivity index (χ4n) is 3.56. The van der Waals surface area contributed by atoms with Crippen molar-refractivity contribution < 1.29 is 27.1 Å². The number of rotatable bonds is 6. The molecule has 4 rings (SSSR count). The van der Waals surface area contributed by atoms with Gasteiger partial charge in [0.1, 0.15) is 5.82 Å². The van der Waals surface area contributed by atoms with Gasteiger partial charge in [-0.3, -0.25) is 5.32 Å². The maximum Gasteiger partial charge on any atom is 0.420 e. The van der Waals surface area contributed by atoms with E-state index in [1.54, 1.807) is 12.3 Å². The molecule has 2 aromatic heterocycles. The molecule has 0 radical (unpaired) electrons. The highest BCUT2D eigenvalue weighted by molar-refractivity contribution is 7.22. The molecule has 0 spiro atoms. The van der Waals surface area contributed by atoms with Crippen LogP contribution in [0.5, 0.6) is 5.88 Å². The Bertz CT molecular complexity index is 1290. The number of hydrogen-bond donors (Lipinski definition) is 1. The third-order valence-corrected chi connectivity index (χ3v) is 5.90. The zero-order valence-corrected chi connectivity index (χ0v) is 19.1. The van der Waals surface area contributed by atoms with Crippen LogP contribution in [0.2, 0.25) is 0 Å². The molecular formula is C24H21F4N3O2S. The van der Waals surface area contributed by atoms with Gasteiger partial charge in [0.2, 0.25) is 5.88 Å². The lowest BCUT2D eigenvalue weighted by atomic mass is 10.1. The topological polar surface area (TPSA) is 56.1 Å². The fourth-order valence-corrected chi connectivity index (χ4v) is 4.41. The molecule has 0 bridgehead atoms. The average molecular weight is 492 g/mol. The van der Waals surface area contributed by atoms with Crippen molar-refractivity contribution in [2.24, 2.45) is 5.92 Å². The standard InChI is InChI=1S/C24H21F4N3O2S/c1-14(2)9-16-11-21(33-23(32)30-22-29-19-5-3-4-6-20(19)34-22)31(13-16)12-15-7-8-18(25)17(10-15)24(26,27)28/h3-8,10-11,13-14H,9,12H2,1-2H3,(H,29,30,32). The van der Waals surface area contributed by atoms with Gasteiger partial charge in [0.25, 0.3) is 0 Å². The van der Waals surface area contributed by atoms with E-state index in [1.807, 2.05) is 38.1 Å². The predicted molar refractivity (Wildman–Crippen MR) is 123 cm³/mol. The summed E-state index contributed by atoms with van der Waals surface area (Å²) in [7, 11) is 0. The van der Waals surface area contributed by atoms with Crippen molar-refractivity contribution in [3.63, 3.8) is 0 Å². The molecule has 5 nitrogen and oxygen atoms in total. The summed E-state index contributed by atoms with van der Waals surface area (Å²) in [5.74, 6) is -0.869. The summed E-state index contributed by atoms with van der Waals surface area (Å²) >= 11 is 1.29. The summed E-state index contributed by atoms with van der Waals surface area (Å²) in [6, 6.07) is 11.9. The first-order chi connectivity index (χ1) is 16.1. The van der Waals surface area contributed by atoms with Crippen molar-refractivity contribution >= 4 is 32.8 Å². The third kappa shape index (κ3) is 5.56. The lowest BCUT2D eigenvalue weighted by Gasteiger charge is -2.12. The summed E-state index contributed by atoms with van der Waals surface area (Å²) in [4.78, 5) is 16.9. The Balaban J connectivity index is 1.57. The van der Waals surface area contributed by atoms with Crippen molar-refractivity contribution in [2.45, 2.75) is 33.0 Å². The van der Waals surface area contributed by atoms with E-state index in [1.165, 1.54) is 22.0 Å². The molecule has 0 fully saturated rings. The van der Waals surface area contributed by atoms with Crippen molar-refractivity contribution in [3.05, 3.63) is 77.2 Å². The highest BCUT2D eigenvalue weighted by Crippen LogP contribution is 2.32. The van der Waals surface area contributed by atoms with Gasteiger partial charge in [-0.25, -0.2) is 14.2 Å². The average Bonchev–Trinajstić information content (AvgIpc) is 3.30. The molecule has 1 amide bonds. The molecule has 0 atom stereocenters. The van der Waals surface area contributed by atoms with Crippen LogP contribution in [-0.4, -0.2) is 15.6 Å². The minimum atomic E-state index is -4.81. The number of ether oxygens (including phenoxy) is 1. The zero-order valence-electron chi connectivity index (χ0n) is 18.3. The smallest absolute Gasteiger partial charge is 0.393 e. The highest BCUT2D eigenvalue weighted by atomic mass is 32.1. The molecule has 0 saturated heterocycles. The molecule has 4 aromatic rings. The van der Waals surface area contributed by atoms with Gasteiger partial charge in [-0.05, 0) is 47.7 Å². The third-order valence-electron chi connectivity index (χ3n) is 4.95. The van der Waals surface area contributed by atoms with Gasteiger partial charge in [0.15, 0.2) is 5.13 Å². The van der Waals surface area contributed by atoms with Gasteiger partial charge in [0.05, 0.1) is 22.3 Å². The summed E-state index contributed by atoms with van der Waals surface area (Å²) in [6.45, 7) is 4.01. The van der Waals surface area contributed by atoms with E-state index in [9.17, 15) is 22.4 Å². The lowest BCUT2D eigenvalue weighted by molar-refractivity contribution is -0.140. The molecule has 1 N–H and O–H groups in total. The first-order valence-electron chi connectivity index (χ1n) is 10.5. The van der Waals surface area contributed by atoms with E-state index in [0.717, 1.165) is 27.9 Å². The maximum atomic E-state index is 13.7. The number of nitrogens with zero attached hydrogens (tertiary/aromatic N) is 2. The number of nitrogens with one attached hydrogen (secondary N) is 1. The number of aromatic nitrogens is 2. The summed E-state index contributed by atoms with van der Waals surface area (Å²) < 4.78 is 61.0. The Hall–Kier alpha value is -3.40. The van der Waals surface area contributed by atoms with Crippen LogP contribution in [0.25, 0.3) is 10.2 Å². The Morgan fingerprint density at radius 3 is 2.62 bits per heavy atom.